The lowest BCUT2D eigenvalue weighted by atomic mass is 9.84. The minimum absolute atomic E-state index is 0.258. The molecule has 6 heteroatoms. The Morgan fingerprint density at radius 3 is 2.68 bits per heavy atom. The molecule has 0 radical (unpaired) electrons. The topological polar surface area (TPSA) is 76.5 Å². The van der Waals surface area contributed by atoms with E-state index in [1.165, 1.54) is 54.4 Å². The van der Waals surface area contributed by atoms with E-state index in [1.54, 1.807) is 0 Å². The number of carbonyl (C=O) groups is 1. The SMILES string of the molecule is CCCOC(=O)c1c[nH]n2c(=O)cc(-c3ccc(C4CCCCC4)cc3)nc12. The molecule has 146 valence electrons. The summed E-state index contributed by atoms with van der Waals surface area (Å²) in [5.41, 5.74) is 3.08. The molecule has 1 fully saturated rings. The van der Waals surface area contributed by atoms with Gasteiger partial charge in [0.25, 0.3) is 5.56 Å². The molecular weight excluding hydrogens is 354 g/mol. The summed E-state index contributed by atoms with van der Waals surface area (Å²) in [5, 5.41) is 2.79. The normalized spacial score (nSPS) is 15.0. The van der Waals surface area contributed by atoms with Gasteiger partial charge in [0.15, 0.2) is 5.65 Å². The van der Waals surface area contributed by atoms with E-state index in [-0.39, 0.29) is 11.1 Å². The molecule has 0 bridgehead atoms. The Bertz CT molecular complexity index is 1030. The van der Waals surface area contributed by atoms with E-state index in [0.29, 0.717) is 23.9 Å². The van der Waals surface area contributed by atoms with E-state index in [2.05, 4.69) is 22.2 Å². The third-order valence-corrected chi connectivity index (χ3v) is 5.44. The zero-order chi connectivity index (χ0) is 19.5. The Kier molecular flexibility index (Phi) is 5.28. The maximum Gasteiger partial charge on any atom is 0.343 e. The van der Waals surface area contributed by atoms with Crippen LogP contribution < -0.4 is 5.56 Å². The molecule has 1 aliphatic carbocycles. The minimum Gasteiger partial charge on any atom is -0.462 e. The van der Waals surface area contributed by atoms with Crippen LogP contribution in [0.25, 0.3) is 16.9 Å². The fourth-order valence-corrected chi connectivity index (χ4v) is 3.91. The highest BCUT2D eigenvalue weighted by Crippen LogP contribution is 2.33. The first-order valence-corrected chi connectivity index (χ1v) is 10.1. The van der Waals surface area contributed by atoms with Crippen molar-refractivity contribution in [3.05, 3.63) is 58.0 Å². The highest BCUT2D eigenvalue weighted by Gasteiger charge is 2.18. The van der Waals surface area contributed by atoms with Gasteiger partial charge in [-0.05, 0) is 30.7 Å². The van der Waals surface area contributed by atoms with Gasteiger partial charge >= 0.3 is 5.97 Å². The maximum absolute atomic E-state index is 12.5. The van der Waals surface area contributed by atoms with Crippen molar-refractivity contribution in [3.8, 4) is 11.3 Å². The number of carbonyl (C=O) groups excluding carboxylic acids is 1. The van der Waals surface area contributed by atoms with Crippen molar-refractivity contribution in [1.29, 1.82) is 0 Å². The van der Waals surface area contributed by atoms with Gasteiger partial charge in [-0.3, -0.25) is 9.89 Å². The van der Waals surface area contributed by atoms with Crippen LogP contribution in [0, 0.1) is 0 Å². The molecule has 6 nitrogen and oxygen atoms in total. The second-order valence-electron chi connectivity index (χ2n) is 7.42. The molecule has 1 N–H and O–H groups in total. The van der Waals surface area contributed by atoms with Crippen LogP contribution in [-0.2, 0) is 4.74 Å². The molecule has 0 spiro atoms. The molecule has 1 aromatic carbocycles. The number of aromatic nitrogens is 3. The Hall–Kier alpha value is -2.89. The highest BCUT2D eigenvalue weighted by atomic mass is 16.5. The number of nitrogens with zero attached hydrogens (tertiary/aromatic N) is 2. The Labute approximate surface area is 163 Å². The summed E-state index contributed by atoms with van der Waals surface area (Å²) in [6, 6.07) is 9.80. The smallest absolute Gasteiger partial charge is 0.343 e. The second-order valence-corrected chi connectivity index (χ2v) is 7.42. The molecule has 0 aliphatic heterocycles. The number of rotatable bonds is 5. The molecule has 0 atom stereocenters. The lowest BCUT2D eigenvalue weighted by Crippen LogP contribution is -2.15. The third-order valence-electron chi connectivity index (χ3n) is 5.44. The van der Waals surface area contributed by atoms with Crippen molar-refractivity contribution in [3.63, 3.8) is 0 Å². The molecule has 2 heterocycles. The molecule has 4 rings (SSSR count). The molecule has 28 heavy (non-hydrogen) atoms. The largest absolute Gasteiger partial charge is 0.462 e. The van der Waals surface area contributed by atoms with Crippen molar-refractivity contribution in [2.75, 3.05) is 6.61 Å². The highest BCUT2D eigenvalue weighted by molar-refractivity contribution is 5.95. The van der Waals surface area contributed by atoms with Gasteiger partial charge in [-0.15, -0.1) is 0 Å². The van der Waals surface area contributed by atoms with Crippen molar-refractivity contribution >= 4 is 11.6 Å². The standard InChI is InChI=1S/C22H25N3O3/c1-2-12-28-22(27)18-14-23-25-20(26)13-19(24-21(18)25)17-10-8-16(9-11-17)15-6-4-3-5-7-15/h8-11,13-15,23H,2-7,12H2,1H3. The monoisotopic (exact) mass is 379 g/mol. The van der Waals surface area contributed by atoms with Crippen LogP contribution in [0.15, 0.2) is 41.3 Å². The summed E-state index contributed by atoms with van der Waals surface area (Å²) in [7, 11) is 0. The Balaban J connectivity index is 1.66. The average molecular weight is 379 g/mol. The van der Waals surface area contributed by atoms with Gasteiger partial charge in [0.2, 0.25) is 0 Å². The first-order valence-electron chi connectivity index (χ1n) is 10.1. The minimum atomic E-state index is -0.475. The van der Waals surface area contributed by atoms with E-state index in [1.807, 2.05) is 19.1 Å². The molecule has 3 aromatic rings. The zero-order valence-corrected chi connectivity index (χ0v) is 16.1. The molecule has 0 amide bonds. The van der Waals surface area contributed by atoms with Gasteiger partial charge in [-0.25, -0.2) is 14.3 Å². The number of hydrogen-bond donors (Lipinski definition) is 1. The van der Waals surface area contributed by atoms with Crippen LogP contribution in [0.1, 0.15) is 67.3 Å². The summed E-state index contributed by atoms with van der Waals surface area (Å²) in [4.78, 5) is 29.3. The Morgan fingerprint density at radius 1 is 1.21 bits per heavy atom. The number of aromatic amines is 1. The van der Waals surface area contributed by atoms with Crippen LogP contribution in [0.2, 0.25) is 0 Å². The number of H-pyrrole nitrogens is 1. The third kappa shape index (κ3) is 3.59. The van der Waals surface area contributed by atoms with Crippen LogP contribution in [-0.4, -0.2) is 27.2 Å². The van der Waals surface area contributed by atoms with Gasteiger partial charge in [-0.1, -0.05) is 50.5 Å². The maximum atomic E-state index is 12.5. The van der Waals surface area contributed by atoms with Crippen molar-refractivity contribution < 1.29 is 9.53 Å². The first kappa shape index (κ1) is 18.5. The number of benzene rings is 1. The summed E-state index contributed by atoms with van der Waals surface area (Å²) in [6.45, 7) is 2.27. The zero-order valence-electron chi connectivity index (χ0n) is 16.1. The molecule has 0 unspecified atom stereocenters. The van der Waals surface area contributed by atoms with E-state index in [9.17, 15) is 9.59 Å². The number of ether oxygens (including phenoxy) is 1. The number of esters is 1. The average Bonchev–Trinajstić information content (AvgIpc) is 3.17. The van der Waals surface area contributed by atoms with Crippen LogP contribution in [0.5, 0.6) is 0 Å². The van der Waals surface area contributed by atoms with E-state index in [4.69, 9.17) is 4.74 Å². The van der Waals surface area contributed by atoms with Crippen molar-refractivity contribution in [2.24, 2.45) is 0 Å². The van der Waals surface area contributed by atoms with Gasteiger partial charge in [0.1, 0.15) is 5.56 Å². The summed E-state index contributed by atoms with van der Waals surface area (Å²) >= 11 is 0. The van der Waals surface area contributed by atoms with E-state index < -0.39 is 5.97 Å². The predicted molar refractivity (Wildman–Crippen MR) is 108 cm³/mol. The fraction of sp³-hybridized carbons (Fsp3) is 0.409. The molecule has 1 saturated carbocycles. The predicted octanol–water partition coefficient (Wildman–Crippen LogP) is 4.30. The van der Waals surface area contributed by atoms with Gasteiger partial charge in [-0.2, -0.15) is 0 Å². The lowest BCUT2D eigenvalue weighted by molar-refractivity contribution is 0.0507. The number of hydrogen-bond acceptors (Lipinski definition) is 4. The van der Waals surface area contributed by atoms with Gasteiger partial charge < -0.3 is 4.74 Å². The van der Waals surface area contributed by atoms with Crippen LogP contribution >= 0.6 is 0 Å². The first-order chi connectivity index (χ1) is 13.7. The van der Waals surface area contributed by atoms with Gasteiger partial charge in [0, 0.05) is 17.8 Å². The molecule has 1 aliphatic rings. The quantitative estimate of drug-likeness (QED) is 0.671. The van der Waals surface area contributed by atoms with Crippen LogP contribution in [0.4, 0.5) is 0 Å². The Morgan fingerprint density at radius 2 is 1.96 bits per heavy atom. The summed E-state index contributed by atoms with van der Waals surface area (Å²) in [5.74, 6) is 0.158. The summed E-state index contributed by atoms with van der Waals surface area (Å²) < 4.78 is 6.46. The fourth-order valence-electron chi connectivity index (χ4n) is 3.91. The van der Waals surface area contributed by atoms with Crippen LogP contribution in [0.3, 0.4) is 0 Å². The second kappa shape index (κ2) is 8.00. The summed E-state index contributed by atoms with van der Waals surface area (Å²) in [6.07, 6.45) is 8.63. The van der Waals surface area contributed by atoms with Crippen molar-refractivity contribution in [1.82, 2.24) is 14.6 Å². The lowest BCUT2D eigenvalue weighted by Gasteiger charge is -2.22. The molecular formula is C22H25N3O3. The molecule has 0 saturated heterocycles. The number of fused-ring (bicyclic) bond motifs is 1. The van der Waals surface area contributed by atoms with Crippen molar-refractivity contribution in [2.45, 2.75) is 51.4 Å². The molecule has 2 aromatic heterocycles. The van der Waals surface area contributed by atoms with E-state index >= 15 is 0 Å². The number of nitrogens with one attached hydrogen (secondary N) is 1. The van der Waals surface area contributed by atoms with E-state index in [0.717, 1.165) is 12.0 Å². The van der Waals surface area contributed by atoms with Gasteiger partial charge in [0.05, 0.1) is 12.3 Å².